The van der Waals surface area contributed by atoms with Gasteiger partial charge in [0.2, 0.25) is 0 Å². The molecule has 0 spiro atoms. The van der Waals surface area contributed by atoms with Crippen molar-refractivity contribution in [2.75, 3.05) is 9.80 Å². The van der Waals surface area contributed by atoms with Crippen LogP contribution in [0.5, 0.6) is 0 Å². The molecule has 0 N–H and O–H groups in total. The summed E-state index contributed by atoms with van der Waals surface area (Å²) in [7, 11) is 0. The molecule has 0 saturated heterocycles. The van der Waals surface area contributed by atoms with E-state index >= 15 is 0 Å². The first kappa shape index (κ1) is 20.9. The van der Waals surface area contributed by atoms with Crippen LogP contribution in [0.25, 0.3) is 10.8 Å². The van der Waals surface area contributed by atoms with Gasteiger partial charge in [-0.25, -0.2) is 0 Å². The van der Waals surface area contributed by atoms with Gasteiger partial charge in [-0.2, -0.15) is 0 Å². The molecule has 4 heterocycles. The zero-order valence-corrected chi connectivity index (χ0v) is 22.4. The number of hydrogen-bond donors (Lipinski definition) is 0. The number of hydrogen-bond acceptors (Lipinski definition) is 4. The Labute approximate surface area is 235 Å². The second-order valence-corrected chi connectivity index (χ2v) is 12.7. The molecule has 0 radical (unpaired) electrons. The number of para-hydroxylation sites is 4. The molecule has 6 aromatic carbocycles. The van der Waals surface area contributed by atoms with Crippen molar-refractivity contribution in [3.8, 4) is 0 Å². The minimum atomic E-state index is 0.175. The third-order valence-corrected chi connectivity index (χ3v) is 10.8. The highest BCUT2D eigenvalue weighted by atomic mass is 32.2. The summed E-state index contributed by atoms with van der Waals surface area (Å²) in [5.41, 5.74) is 12.1. The van der Waals surface area contributed by atoms with Crippen LogP contribution in [-0.4, -0.2) is 6.71 Å². The highest BCUT2D eigenvalue weighted by Gasteiger charge is 2.47. The first-order valence-electron chi connectivity index (χ1n) is 13.3. The highest BCUT2D eigenvalue weighted by molar-refractivity contribution is 8.00. The highest BCUT2D eigenvalue weighted by Crippen LogP contribution is 2.57. The van der Waals surface area contributed by atoms with Crippen molar-refractivity contribution in [2.24, 2.45) is 0 Å². The smallest absolute Gasteiger partial charge is 0.252 e. The van der Waals surface area contributed by atoms with Crippen LogP contribution in [0.2, 0.25) is 0 Å². The van der Waals surface area contributed by atoms with E-state index in [0.29, 0.717) is 0 Å². The van der Waals surface area contributed by atoms with Crippen molar-refractivity contribution in [2.45, 2.75) is 19.6 Å². The lowest BCUT2D eigenvalue weighted by Crippen LogP contribution is -2.62. The third kappa shape index (κ3) is 2.53. The molecule has 2 nitrogen and oxygen atoms in total. The van der Waals surface area contributed by atoms with Crippen LogP contribution >= 0.6 is 23.5 Å². The molecule has 0 atom stereocenters. The van der Waals surface area contributed by atoms with Gasteiger partial charge in [0.25, 0.3) is 6.71 Å². The predicted octanol–water partition coefficient (Wildman–Crippen LogP) is 7.85. The Bertz CT molecular complexity index is 2060. The summed E-state index contributed by atoms with van der Waals surface area (Å²) in [5, 5.41) is 2.58. The van der Waals surface area contributed by atoms with Crippen molar-refractivity contribution < 1.29 is 0 Å². The normalized spacial score (nSPS) is 14.8. The lowest BCUT2D eigenvalue weighted by molar-refractivity contribution is 1.15. The molecule has 0 unspecified atom stereocenters. The Morgan fingerprint density at radius 1 is 0.462 bits per heavy atom. The number of rotatable bonds is 0. The SMILES string of the molecule is c1ccc2c(c1)Sc1cccc3c1N2c1cc2ccccc2c2c1B3c1cccc3c1N2c1ccccc1S3. The van der Waals surface area contributed by atoms with Crippen molar-refractivity contribution >= 4 is 91.5 Å². The Morgan fingerprint density at radius 2 is 1.03 bits per heavy atom. The number of nitrogens with zero attached hydrogens (tertiary/aromatic N) is 2. The van der Waals surface area contributed by atoms with Gasteiger partial charge in [-0.15, -0.1) is 0 Å². The fraction of sp³-hybridized carbons (Fsp3) is 0. The van der Waals surface area contributed by atoms with E-state index in [2.05, 4.69) is 125 Å². The molecule has 6 aromatic rings. The zero-order valence-electron chi connectivity index (χ0n) is 20.8. The van der Waals surface area contributed by atoms with E-state index in [-0.39, 0.29) is 6.71 Å². The van der Waals surface area contributed by atoms with E-state index in [1.54, 1.807) is 0 Å². The Hall–Kier alpha value is -4.06. The van der Waals surface area contributed by atoms with Crippen molar-refractivity contribution in [3.63, 3.8) is 0 Å². The second kappa shape index (κ2) is 7.32. The molecule has 0 aliphatic carbocycles. The minimum Gasteiger partial charge on any atom is -0.309 e. The van der Waals surface area contributed by atoms with E-state index in [9.17, 15) is 0 Å². The number of fused-ring (bicyclic) bond motifs is 10. The van der Waals surface area contributed by atoms with Crippen LogP contribution in [0.4, 0.5) is 34.1 Å². The summed E-state index contributed by atoms with van der Waals surface area (Å²) >= 11 is 3.80. The molecule has 0 aromatic heterocycles. The molecule has 4 aliphatic heterocycles. The third-order valence-electron chi connectivity index (χ3n) is 8.57. The maximum Gasteiger partial charge on any atom is 0.252 e. The van der Waals surface area contributed by atoms with Crippen molar-refractivity contribution in [1.29, 1.82) is 0 Å². The van der Waals surface area contributed by atoms with Crippen molar-refractivity contribution in [1.82, 2.24) is 0 Å². The maximum absolute atomic E-state index is 2.58. The van der Waals surface area contributed by atoms with Gasteiger partial charge in [-0.05, 0) is 64.2 Å². The van der Waals surface area contributed by atoms with Crippen LogP contribution in [0.15, 0.2) is 135 Å². The second-order valence-electron chi connectivity index (χ2n) is 10.5. The molecule has 10 rings (SSSR count). The van der Waals surface area contributed by atoms with Gasteiger partial charge in [0.05, 0.1) is 28.4 Å². The zero-order chi connectivity index (χ0) is 25.2. The van der Waals surface area contributed by atoms with Gasteiger partial charge in [0, 0.05) is 30.7 Å². The Kier molecular flexibility index (Phi) is 3.91. The average molecular weight is 530 g/mol. The molecule has 5 heteroatoms. The first-order valence-corrected chi connectivity index (χ1v) is 15.0. The summed E-state index contributed by atoms with van der Waals surface area (Å²) in [4.78, 5) is 10.4. The summed E-state index contributed by atoms with van der Waals surface area (Å²) in [6.07, 6.45) is 0. The topological polar surface area (TPSA) is 6.48 Å². The monoisotopic (exact) mass is 530 g/mol. The molecule has 180 valence electrons. The van der Waals surface area contributed by atoms with E-state index < -0.39 is 0 Å². The van der Waals surface area contributed by atoms with Gasteiger partial charge < -0.3 is 9.80 Å². The van der Waals surface area contributed by atoms with Crippen LogP contribution < -0.4 is 26.2 Å². The van der Waals surface area contributed by atoms with Gasteiger partial charge >= 0.3 is 0 Å². The quantitative estimate of drug-likeness (QED) is 0.184. The number of benzene rings is 6. The molecule has 39 heavy (non-hydrogen) atoms. The van der Waals surface area contributed by atoms with Crippen LogP contribution in [0, 0.1) is 0 Å². The van der Waals surface area contributed by atoms with Gasteiger partial charge in [-0.1, -0.05) is 96.3 Å². The largest absolute Gasteiger partial charge is 0.309 e. The summed E-state index contributed by atoms with van der Waals surface area (Å²) in [6.45, 7) is 0.175. The lowest BCUT2D eigenvalue weighted by atomic mass is 9.33. The molecule has 0 saturated carbocycles. The number of anilines is 6. The van der Waals surface area contributed by atoms with Gasteiger partial charge in [-0.3, -0.25) is 0 Å². The van der Waals surface area contributed by atoms with Crippen molar-refractivity contribution in [3.05, 3.63) is 115 Å². The lowest BCUT2D eigenvalue weighted by Gasteiger charge is -2.48. The van der Waals surface area contributed by atoms with E-state index in [4.69, 9.17) is 0 Å². The Balaban J connectivity index is 1.42. The fourth-order valence-electron chi connectivity index (χ4n) is 7.12. The summed E-state index contributed by atoms with van der Waals surface area (Å²) < 4.78 is 0. The van der Waals surface area contributed by atoms with Gasteiger partial charge in [0.1, 0.15) is 0 Å². The molecular formula is C34H19BN2S2. The fourth-order valence-corrected chi connectivity index (χ4v) is 9.32. The standard InChI is InChI=1S/C34H19BN2S2/c1-2-10-21-20(9-1)19-26-31-32(21)37-25-14-4-6-16-28(25)39-30-18-8-12-23(34(30)37)35(31)22-11-7-17-29-33(22)36(26)24-13-3-5-15-27(24)38-29/h1-19H. The maximum atomic E-state index is 2.58. The van der Waals surface area contributed by atoms with Crippen LogP contribution in [0.1, 0.15) is 0 Å². The van der Waals surface area contributed by atoms with Gasteiger partial charge in [0.15, 0.2) is 0 Å². The summed E-state index contributed by atoms with van der Waals surface area (Å²) in [5.74, 6) is 0. The molecule has 0 fully saturated rings. The Morgan fingerprint density at radius 3 is 1.74 bits per heavy atom. The van der Waals surface area contributed by atoms with Crippen LogP contribution in [0.3, 0.4) is 0 Å². The predicted molar refractivity (Wildman–Crippen MR) is 166 cm³/mol. The molecular weight excluding hydrogens is 511 g/mol. The molecule has 4 aliphatic rings. The average Bonchev–Trinajstić information content (AvgIpc) is 2.99. The summed E-state index contributed by atoms with van der Waals surface area (Å²) in [6, 6.07) is 43.0. The minimum absolute atomic E-state index is 0.175. The molecule has 0 amide bonds. The van der Waals surface area contributed by atoms with Crippen LogP contribution in [-0.2, 0) is 0 Å². The first-order chi connectivity index (χ1) is 19.4. The molecule has 0 bridgehead atoms. The van der Waals surface area contributed by atoms with E-state index in [1.807, 2.05) is 23.5 Å². The van der Waals surface area contributed by atoms with E-state index in [1.165, 1.54) is 80.9 Å². The van der Waals surface area contributed by atoms with E-state index in [0.717, 1.165) is 0 Å².